The monoisotopic (exact) mass is 287 g/mol. The number of para-hydroxylation sites is 1. The molecule has 1 unspecified atom stereocenters. The van der Waals surface area contributed by atoms with Crippen LogP contribution in [0.3, 0.4) is 0 Å². The molecule has 1 atom stereocenters. The number of carboxylic acids is 1. The molecule has 0 fully saturated rings. The molecule has 0 saturated carbocycles. The van der Waals surface area contributed by atoms with Gasteiger partial charge in [0.05, 0.1) is 11.1 Å². The molecule has 1 amide bonds. The van der Waals surface area contributed by atoms with Crippen molar-refractivity contribution in [2.45, 2.75) is 32.2 Å². The normalized spacial score (nSPS) is 12.0. The highest BCUT2D eigenvalue weighted by Gasteiger charge is 2.21. The third-order valence-corrected chi connectivity index (χ3v) is 3.19. The second-order valence-corrected chi connectivity index (χ2v) is 4.74. The van der Waals surface area contributed by atoms with Gasteiger partial charge in [-0.3, -0.25) is 14.8 Å². The Morgan fingerprint density at radius 2 is 2.05 bits per heavy atom. The molecule has 0 bridgehead atoms. The van der Waals surface area contributed by atoms with E-state index in [4.69, 9.17) is 5.11 Å². The molecule has 0 aliphatic rings. The lowest BCUT2D eigenvalue weighted by Crippen LogP contribution is -2.40. The van der Waals surface area contributed by atoms with E-state index in [-0.39, 0.29) is 0 Å². The first-order chi connectivity index (χ1) is 10.1. The van der Waals surface area contributed by atoms with Crippen LogP contribution in [0.5, 0.6) is 0 Å². The van der Waals surface area contributed by atoms with E-state index in [2.05, 4.69) is 15.3 Å². The van der Waals surface area contributed by atoms with Gasteiger partial charge in [0.1, 0.15) is 11.6 Å². The molecule has 21 heavy (non-hydrogen) atoms. The van der Waals surface area contributed by atoms with Crippen LogP contribution in [-0.2, 0) is 4.79 Å². The highest BCUT2D eigenvalue weighted by atomic mass is 16.4. The molecule has 1 heterocycles. The van der Waals surface area contributed by atoms with Gasteiger partial charge in [-0.1, -0.05) is 25.8 Å². The summed E-state index contributed by atoms with van der Waals surface area (Å²) in [6.07, 6.45) is 5.08. The number of fused-ring (bicyclic) bond motifs is 1. The lowest BCUT2D eigenvalue weighted by molar-refractivity contribution is -0.139. The van der Waals surface area contributed by atoms with Gasteiger partial charge in [0.2, 0.25) is 0 Å². The van der Waals surface area contributed by atoms with Gasteiger partial charge >= 0.3 is 5.97 Å². The third kappa shape index (κ3) is 3.53. The number of carbonyl (C=O) groups is 2. The number of rotatable bonds is 6. The number of hydrogen-bond donors (Lipinski definition) is 2. The molecule has 1 aromatic carbocycles. The summed E-state index contributed by atoms with van der Waals surface area (Å²) in [5.74, 6) is -1.47. The molecule has 2 N–H and O–H groups in total. The predicted octanol–water partition coefficient (Wildman–Crippen LogP) is 2.00. The van der Waals surface area contributed by atoms with Crippen LogP contribution in [0.4, 0.5) is 0 Å². The lowest BCUT2D eigenvalue weighted by Gasteiger charge is -2.14. The maximum Gasteiger partial charge on any atom is 0.326 e. The molecule has 6 nitrogen and oxygen atoms in total. The quantitative estimate of drug-likeness (QED) is 0.847. The van der Waals surface area contributed by atoms with Gasteiger partial charge in [0.15, 0.2) is 0 Å². The Morgan fingerprint density at radius 1 is 1.29 bits per heavy atom. The first kappa shape index (κ1) is 14.9. The maximum atomic E-state index is 12.3. The minimum atomic E-state index is -1.02. The zero-order chi connectivity index (χ0) is 15.2. The second-order valence-electron chi connectivity index (χ2n) is 4.74. The fourth-order valence-corrected chi connectivity index (χ4v) is 2.08. The highest BCUT2D eigenvalue weighted by molar-refractivity contribution is 6.05. The molecule has 0 radical (unpaired) electrons. The van der Waals surface area contributed by atoms with Crippen molar-refractivity contribution in [1.29, 1.82) is 0 Å². The largest absolute Gasteiger partial charge is 0.480 e. The third-order valence-electron chi connectivity index (χ3n) is 3.19. The Balaban J connectivity index is 2.23. The summed E-state index contributed by atoms with van der Waals surface area (Å²) in [6, 6.07) is 4.19. The van der Waals surface area contributed by atoms with Crippen LogP contribution in [0.1, 0.15) is 36.5 Å². The Hall–Kier alpha value is -2.50. The fraction of sp³-hybridized carbons (Fsp3) is 0.333. The fourth-order valence-electron chi connectivity index (χ4n) is 2.08. The summed E-state index contributed by atoms with van der Waals surface area (Å²) in [6.45, 7) is 1.97. The number of aromatic nitrogens is 2. The van der Waals surface area contributed by atoms with Crippen LogP contribution >= 0.6 is 0 Å². The number of carbonyl (C=O) groups excluding carboxylic acids is 1. The van der Waals surface area contributed by atoms with Crippen molar-refractivity contribution in [2.75, 3.05) is 0 Å². The number of amides is 1. The number of nitrogens with zero attached hydrogens (tertiary/aromatic N) is 2. The van der Waals surface area contributed by atoms with Crippen molar-refractivity contribution in [2.24, 2.45) is 0 Å². The van der Waals surface area contributed by atoms with E-state index < -0.39 is 17.9 Å². The Labute approximate surface area is 122 Å². The number of nitrogens with one attached hydrogen (secondary N) is 1. The minimum absolute atomic E-state index is 0.336. The molecule has 1 aromatic heterocycles. The molecule has 110 valence electrons. The molecule has 2 rings (SSSR count). The summed E-state index contributed by atoms with van der Waals surface area (Å²) < 4.78 is 0. The molecule has 0 spiro atoms. The Morgan fingerprint density at radius 3 is 2.76 bits per heavy atom. The van der Waals surface area contributed by atoms with Gasteiger partial charge < -0.3 is 10.4 Å². The topological polar surface area (TPSA) is 92.2 Å². The Bertz CT molecular complexity index is 652. The van der Waals surface area contributed by atoms with Gasteiger partial charge in [0, 0.05) is 12.4 Å². The number of hydrogen-bond acceptors (Lipinski definition) is 4. The average Bonchev–Trinajstić information content (AvgIpc) is 2.50. The molecule has 2 aromatic rings. The predicted molar refractivity (Wildman–Crippen MR) is 78.0 cm³/mol. The van der Waals surface area contributed by atoms with E-state index in [1.165, 1.54) is 6.20 Å². The van der Waals surface area contributed by atoms with Crippen LogP contribution < -0.4 is 5.32 Å². The first-order valence-electron chi connectivity index (χ1n) is 6.87. The number of aliphatic carboxylic acids is 1. The maximum absolute atomic E-state index is 12.3. The second kappa shape index (κ2) is 6.78. The van der Waals surface area contributed by atoms with Crippen LogP contribution in [0.25, 0.3) is 11.0 Å². The van der Waals surface area contributed by atoms with Crippen molar-refractivity contribution < 1.29 is 14.7 Å². The number of benzene rings is 1. The zero-order valence-corrected chi connectivity index (χ0v) is 11.7. The van der Waals surface area contributed by atoms with Crippen molar-refractivity contribution in [1.82, 2.24) is 15.3 Å². The van der Waals surface area contributed by atoms with Gasteiger partial charge in [0.25, 0.3) is 5.91 Å². The molecule has 0 aliphatic heterocycles. The van der Waals surface area contributed by atoms with Crippen molar-refractivity contribution in [3.05, 3.63) is 36.2 Å². The molecular weight excluding hydrogens is 270 g/mol. The van der Waals surface area contributed by atoms with E-state index in [9.17, 15) is 9.59 Å². The van der Waals surface area contributed by atoms with Crippen molar-refractivity contribution >= 4 is 22.9 Å². The van der Waals surface area contributed by atoms with Gasteiger partial charge in [-0.15, -0.1) is 0 Å². The van der Waals surface area contributed by atoms with Gasteiger partial charge in [-0.05, 0) is 18.6 Å². The van der Waals surface area contributed by atoms with E-state index in [0.29, 0.717) is 23.0 Å². The summed E-state index contributed by atoms with van der Waals surface area (Å²) >= 11 is 0. The van der Waals surface area contributed by atoms with E-state index in [0.717, 1.165) is 12.8 Å². The highest BCUT2D eigenvalue weighted by Crippen LogP contribution is 2.14. The SMILES string of the molecule is CCCCC(NC(=O)c1cccc2nccnc12)C(=O)O. The van der Waals surface area contributed by atoms with E-state index in [1.807, 2.05) is 6.92 Å². The van der Waals surface area contributed by atoms with Crippen molar-refractivity contribution in [3.8, 4) is 0 Å². The zero-order valence-electron chi connectivity index (χ0n) is 11.7. The van der Waals surface area contributed by atoms with Crippen LogP contribution in [0, 0.1) is 0 Å². The smallest absolute Gasteiger partial charge is 0.326 e. The van der Waals surface area contributed by atoms with Gasteiger partial charge in [-0.25, -0.2) is 4.79 Å². The van der Waals surface area contributed by atoms with Gasteiger partial charge in [-0.2, -0.15) is 0 Å². The van der Waals surface area contributed by atoms with E-state index in [1.54, 1.807) is 24.4 Å². The van der Waals surface area contributed by atoms with Crippen LogP contribution in [0.2, 0.25) is 0 Å². The molecule has 6 heteroatoms. The summed E-state index contributed by atoms with van der Waals surface area (Å²) in [5, 5.41) is 11.7. The number of unbranched alkanes of at least 4 members (excludes halogenated alkanes) is 1. The summed E-state index contributed by atoms with van der Waals surface area (Å²) in [5.41, 5.74) is 1.41. The molecule has 0 saturated heterocycles. The molecular formula is C15H17N3O3. The minimum Gasteiger partial charge on any atom is -0.480 e. The van der Waals surface area contributed by atoms with E-state index >= 15 is 0 Å². The number of carboxylic acid groups (broad SMARTS) is 1. The average molecular weight is 287 g/mol. The first-order valence-corrected chi connectivity index (χ1v) is 6.87. The summed E-state index contributed by atoms with van der Waals surface area (Å²) in [7, 11) is 0. The standard InChI is InChI=1S/C15H17N3O3/c1-2-3-6-12(15(20)21)18-14(19)10-5-4-7-11-13(10)17-9-8-16-11/h4-5,7-9,12H,2-3,6H2,1H3,(H,18,19)(H,20,21). The van der Waals surface area contributed by atoms with Crippen LogP contribution in [-0.4, -0.2) is 33.0 Å². The lowest BCUT2D eigenvalue weighted by atomic mass is 10.1. The molecule has 0 aliphatic carbocycles. The summed E-state index contributed by atoms with van der Waals surface area (Å²) in [4.78, 5) is 31.8. The van der Waals surface area contributed by atoms with Crippen LogP contribution in [0.15, 0.2) is 30.6 Å². The van der Waals surface area contributed by atoms with Crippen molar-refractivity contribution in [3.63, 3.8) is 0 Å². The Kier molecular flexibility index (Phi) is 4.81.